The summed E-state index contributed by atoms with van der Waals surface area (Å²) in [5.74, 6) is 1.51. The molecule has 1 saturated heterocycles. The van der Waals surface area contributed by atoms with Crippen LogP contribution in [0.1, 0.15) is 25.0 Å². The van der Waals surface area contributed by atoms with Crippen LogP contribution < -0.4 is 20.4 Å². The Bertz CT molecular complexity index is 709. The maximum absolute atomic E-state index is 12.0. The van der Waals surface area contributed by atoms with Gasteiger partial charge in [0.15, 0.2) is 5.84 Å². The maximum Gasteiger partial charge on any atom is 0.262 e. The molecule has 0 aliphatic carbocycles. The van der Waals surface area contributed by atoms with Crippen LogP contribution in [0.4, 0.5) is 5.69 Å². The molecular weight excluding hydrogens is 292 g/mol. The molecule has 3 heterocycles. The van der Waals surface area contributed by atoms with Gasteiger partial charge in [0, 0.05) is 13.1 Å². The molecule has 1 atom stereocenters. The van der Waals surface area contributed by atoms with Crippen LogP contribution >= 0.6 is 0 Å². The lowest BCUT2D eigenvalue weighted by molar-refractivity contribution is -0.122. The first-order valence-corrected chi connectivity index (χ1v) is 8.10. The second-order valence-corrected chi connectivity index (χ2v) is 7.18. The van der Waals surface area contributed by atoms with Crippen LogP contribution in [0.25, 0.3) is 0 Å². The molecule has 0 aromatic heterocycles. The van der Waals surface area contributed by atoms with Crippen LogP contribution in [0.15, 0.2) is 17.2 Å². The fourth-order valence-electron chi connectivity index (χ4n) is 3.54. The number of amidine groups is 1. The molecule has 122 valence electrons. The highest BCUT2D eigenvalue weighted by molar-refractivity contribution is 6.09. The van der Waals surface area contributed by atoms with Crippen LogP contribution in [-0.4, -0.2) is 37.5 Å². The van der Waals surface area contributed by atoms with Crippen molar-refractivity contribution in [3.05, 3.63) is 23.3 Å². The Kier molecular flexibility index (Phi) is 3.13. The Morgan fingerprint density at radius 3 is 2.91 bits per heavy atom. The first kappa shape index (κ1) is 14.5. The number of carbonyl (C=O) groups excluding carboxylic acids is 1. The Balaban J connectivity index is 1.75. The van der Waals surface area contributed by atoms with Gasteiger partial charge in [0.25, 0.3) is 5.91 Å². The van der Waals surface area contributed by atoms with Crippen molar-refractivity contribution in [2.75, 3.05) is 24.6 Å². The first-order valence-electron chi connectivity index (χ1n) is 8.10. The largest absolute Gasteiger partial charge is 0.483 e. The minimum Gasteiger partial charge on any atom is -0.483 e. The number of hydrogen-bond donors (Lipinski definition) is 2. The van der Waals surface area contributed by atoms with Crippen molar-refractivity contribution in [1.29, 1.82) is 0 Å². The van der Waals surface area contributed by atoms with Gasteiger partial charge in [-0.1, -0.05) is 6.92 Å². The van der Waals surface area contributed by atoms with Gasteiger partial charge >= 0.3 is 0 Å². The van der Waals surface area contributed by atoms with Crippen LogP contribution in [0.3, 0.4) is 0 Å². The van der Waals surface area contributed by atoms with Crippen LogP contribution in [0, 0.1) is 12.3 Å². The van der Waals surface area contributed by atoms with Crippen molar-refractivity contribution in [3.63, 3.8) is 0 Å². The van der Waals surface area contributed by atoms with Gasteiger partial charge in [-0.3, -0.25) is 4.79 Å². The number of hydrogen-bond acceptors (Lipinski definition) is 5. The van der Waals surface area contributed by atoms with Crippen LogP contribution in [0.2, 0.25) is 0 Å². The van der Waals surface area contributed by atoms with Crippen molar-refractivity contribution < 1.29 is 9.53 Å². The van der Waals surface area contributed by atoms with E-state index in [2.05, 4.69) is 41.8 Å². The number of nitrogens with one attached hydrogen (secondary N) is 2. The molecule has 1 fully saturated rings. The molecule has 0 radical (unpaired) electrons. The number of rotatable bonds is 2. The van der Waals surface area contributed by atoms with Crippen LogP contribution in [0.5, 0.6) is 5.75 Å². The third kappa shape index (κ3) is 2.28. The Hall–Kier alpha value is -2.08. The highest BCUT2D eigenvalue weighted by Gasteiger charge is 2.37. The minimum atomic E-state index is -0.276. The number of aryl methyl sites for hydroxylation is 1. The van der Waals surface area contributed by atoms with Gasteiger partial charge in [-0.25, -0.2) is 5.43 Å². The second-order valence-electron chi connectivity index (χ2n) is 7.18. The number of carbonyl (C=O) groups is 1. The molecule has 0 spiro atoms. The molecule has 0 saturated carbocycles. The summed E-state index contributed by atoms with van der Waals surface area (Å²) in [6.45, 7) is 8.82. The van der Waals surface area contributed by atoms with Crippen molar-refractivity contribution in [2.45, 2.75) is 33.2 Å². The number of hydrazone groups is 1. The monoisotopic (exact) mass is 314 g/mol. The van der Waals surface area contributed by atoms with Crippen molar-refractivity contribution in [2.24, 2.45) is 10.5 Å². The number of ether oxygens (including phenoxy) is 1. The third-order valence-corrected chi connectivity index (χ3v) is 5.09. The van der Waals surface area contributed by atoms with E-state index in [1.165, 1.54) is 11.1 Å². The van der Waals surface area contributed by atoms with E-state index in [4.69, 9.17) is 4.74 Å². The Morgan fingerprint density at radius 1 is 1.43 bits per heavy atom. The lowest BCUT2D eigenvalue weighted by Crippen LogP contribution is -2.55. The lowest BCUT2D eigenvalue weighted by atomic mass is 9.77. The van der Waals surface area contributed by atoms with E-state index in [0.29, 0.717) is 12.0 Å². The van der Waals surface area contributed by atoms with E-state index < -0.39 is 0 Å². The predicted molar refractivity (Wildman–Crippen MR) is 88.9 cm³/mol. The molecule has 1 unspecified atom stereocenters. The summed E-state index contributed by atoms with van der Waals surface area (Å²) in [6, 6.07) is 4.00. The standard InChI is InChI=1S/C17H22N4O2/c1-10-4-14-13(5-12(10)6-17(3)8-18-9-17)21-11(2)16(22)20-19-15(21)7-23-14/h4-5,11,18H,6-9H2,1-3H3,(H,20,22). The molecule has 0 bridgehead atoms. The molecule has 4 rings (SSSR count). The molecule has 23 heavy (non-hydrogen) atoms. The summed E-state index contributed by atoms with van der Waals surface area (Å²) < 4.78 is 5.85. The van der Waals surface area contributed by atoms with Crippen LogP contribution in [-0.2, 0) is 11.2 Å². The van der Waals surface area contributed by atoms with Gasteiger partial charge in [-0.15, -0.1) is 0 Å². The Morgan fingerprint density at radius 2 is 2.22 bits per heavy atom. The van der Waals surface area contributed by atoms with Gasteiger partial charge in [0.05, 0.1) is 5.69 Å². The highest BCUT2D eigenvalue weighted by atomic mass is 16.5. The van der Waals surface area contributed by atoms with Gasteiger partial charge in [-0.05, 0) is 48.9 Å². The van der Waals surface area contributed by atoms with Gasteiger partial charge in [-0.2, -0.15) is 5.10 Å². The molecular formula is C17H22N4O2. The molecule has 6 heteroatoms. The summed E-state index contributed by atoms with van der Waals surface area (Å²) in [7, 11) is 0. The summed E-state index contributed by atoms with van der Waals surface area (Å²) in [5.41, 5.74) is 6.39. The maximum atomic E-state index is 12.0. The average Bonchev–Trinajstić information content (AvgIpc) is 2.50. The van der Waals surface area contributed by atoms with E-state index in [1.54, 1.807) is 0 Å². The van der Waals surface area contributed by atoms with Gasteiger partial charge < -0.3 is 15.0 Å². The predicted octanol–water partition coefficient (Wildman–Crippen LogP) is 1.18. The van der Waals surface area contributed by atoms with Gasteiger partial charge in [0.1, 0.15) is 18.4 Å². The summed E-state index contributed by atoms with van der Waals surface area (Å²) in [5, 5.41) is 7.50. The molecule has 1 aromatic rings. The second kappa shape index (κ2) is 4.96. The summed E-state index contributed by atoms with van der Waals surface area (Å²) in [6.07, 6.45) is 1.03. The highest BCUT2D eigenvalue weighted by Crippen LogP contribution is 2.39. The van der Waals surface area contributed by atoms with E-state index in [-0.39, 0.29) is 11.9 Å². The molecule has 2 N–H and O–H groups in total. The van der Waals surface area contributed by atoms with Crippen molar-refractivity contribution in [1.82, 2.24) is 10.7 Å². The fraction of sp³-hybridized carbons (Fsp3) is 0.529. The summed E-state index contributed by atoms with van der Waals surface area (Å²) >= 11 is 0. The molecule has 1 aromatic carbocycles. The van der Waals surface area contributed by atoms with Crippen molar-refractivity contribution in [3.8, 4) is 5.75 Å². The zero-order valence-corrected chi connectivity index (χ0v) is 13.8. The first-order chi connectivity index (χ1) is 11.0. The SMILES string of the molecule is Cc1cc2c(cc1CC1(C)CNC1)N1C(=NNC(=O)C1C)CO2. The zero-order valence-electron chi connectivity index (χ0n) is 13.8. The number of amides is 1. The fourth-order valence-corrected chi connectivity index (χ4v) is 3.54. The molecule has 3 aliphatic rings. The molecule has 3 aliphatic heterocycles. The Labute approximate surface area is 135 Å². The van der Waals surface area contributed by atoms with Crippen molar-refractivity contribution >= 4 is 17.4 Å². The van der Waals surface area contributed by atoms with E-state index >= 15 is 0 Å². The number of nitrogens with zero attached hydrogens (tertiary/aromatic N) is 2. The number of fused-ring (bicyclic) bond motifs is 3. The van der Waals surface area contributed by atoms with Gasteiger partial charge in [0.2, 0.25) is 0 Å². The topological polar surface area (TPSA) is 66.0 Å². The lowest BCUT2D eigenvalue weighted by Gasteiger charge is -2.41. The van der Waals surface area contributed by atoms with E-state index in [0.717, 1.165) is 36.8 Å². The quantitative estimate of drug-likeness (QED) is 0.860. The van der Waals surface area contributed by atoms with E-state index in [9.17, 15) is 4.79 Å². The molecule has 1 amide bonds. The smallest absolute Gasteiger partial charge is 0.262 e. The molecule has 6 nitrogen and oxygen atoms in total. The zero-order chi connectivity index (χ0) is 16.2. The summed E-state index contributed by atoms with van der Waals surface area (Å²) in [4.78, 5) is 14.0. The third-order valence-electron chi connectivity index (χ3n) is 5.09. The number of benzene rings is 1. The number of anilines is 1. The van der Waals surface area contributed by atoms with E-state index in [1.807, 2.05) is 11.8 Å². The minimum absolute atomic E-state index is 0.0844. The normalized spacial score (nSPS) is 24.7. The average molecular weight is 314 g/mol.